The number of halogens is 2. The highest BCUT2D eigenvalue weighted by Gasteiger charge is 2.05. The molecule has 0 atom stereocenters. The van der Waals surface area contributed by atoms with Crippen LogP contribution < -0.4 is 16.0 Å². The van der Waals surface area contributed by atoms with Crippen LogP contribution in [0.1, 0.15) is 6.92 Å². The van der Waals surface area contributed by atoms with E-state index in [1.165, 1.54) is 25.1 Å². The molecule has 0 heterocycles. The summed E-state index contributed by atoms with van der Waals surface area (Å²) in [5, 5.41) is 8.17. The van der Waals surface area contributed by atoms with Crippen molar-refractivity contribution in [3.8, 4) is 0 Å². The fourth-order valence-electron chi connectivity index (χ4n) is 1.83. The molecule has 0 saturated carbocycles. The first kappa shape index (κ1) is 16.8. The number of carbonyl (C=O) groups excluding carboxylic acids is 2. The predicted molar refractivity (Wildman–Crippen MR) is 89.3 cm³/mol. The van der Waals surface area contributed by atoms with Crippen LogP contribution in [-0.2, 0) is 9.59 Å². The maximum atomic E-state index is 13.0. The maximum absolute atomic E-state index is 13.0. The zero-order chi connectivity index (χ0) is 16.8. The van der Waals surface area contributed by atoms with E-state index in [-0.39, 0.29) is 23.4 Å². The average molecular weight is 336 g/mol. The van der Waals surface area contributed by atoms with Crippen molar-refractivity contribution < 1.29 is 14.0 Å². The van der Waals surface area contributed by atoms with Gasteiger partial charge in [0.1, 0.15) is 5.82 Å². The molecule has 0 saturated heterocycles. The molecule has 2 aromatic rings. The van der Waals surface area contributed by atoms with E-state index in [1.807, 2.05) is 0 Å². The summed E-state index contributed by atoms with van der Waals surface area (Å²) in [4.78, 5) is 22.8. The number of hydrogen-bond acceptors (Lipinski definition) is 3. The van der Waals surface area contributed by atoms with Gasteiger partial charge in [-0.2, -0.15) is 0 Å². The first-order valence-electron chi connectivity index (χ1n) is 6.80. The Hall–Kier alpha value is -2.60. The molecular formula is C16H15ClFN3O2. The van der Waals surface area contributed by atoms with Gasteiger partial charge in [-0.15, -0.1) is 0 Å². The van der Waals surface area contributed by atoms with Gasteiger partial charge in [-0.05, 0) is 42.5 Å². The van der Waals surface area contributed by atoms with Crippen LogP contribution in [0.4, 0.5) is 21.5 Å². The molecule has 2 aromatic carbocycles. The van der Waals surface area contributed by atoms with Gasteiger partial charge < -0.3 is 16.0 Å². The Balaban J connectivity index is 1.86. The van der Waals surface area contributed by atoms with Gasteiger partial charge in [0.2, 0.25) is 11.8 Å². The van der Waals surface area contributed by atoms with Crippen molar-refractivity contribution in [1.29, 1.82) is 0 Å². The minimum Gasteiger partial charge on any atom is -0.376 e. The normalized spacial score (nSPS) is 10.0. The number of hydrogen-bond donors (Lipinski definition) is 3. The van der Waals surface area contributed by atoms with E-state index in [1.54, 1.807) is 24.3 Å². The highest BCUT2D eigenvalue weighted by Crippen LogP contribution is 2.19. The van der Waals surface area contributed by atoms with Crippen molar-refractivity contribution in [3.05, 3.63) is 53.3 Å². The summed E-state index contributed by atoms with van der Waals surface area (Å²) >= 11 is 5.66. The fourth-order valence-corrected chi connectivity index (χ4v) is 2.01. The summed E-state index contributed by atoms with van der Waals surface area (Å²) in [6.45, 7) is 1.43. The number of carbonyl (C=O) groups is 2. The van der Waals surface area contributed by atoms with Crippen molar-refractivity contribution >= 4 is 40.5 Å². The highest BCUT2D eigenvalue weighted by atomic mass is 35.5. The van der Waals surface area contributed by atoms with E-state index in [2.05, 4.69) is 16.0 Å². The van der Waals surface area contributed by atoms with Gasteiger partial charge in [0, 0.05) is 24.0 Å². The van der Waals surface area contributed by atoms with Crippen LogP contribution in [0.3, 0.4) is 0 Å². The Kier molecular flexibility index (Phi) is 5.54. The molecular weight excluding hydrogens is 321 g/mol. The molecule has 5 nitrogen and oxygen atoms in total. The number of rotatable bonds is 5. The zero-order valence-corrected chi connectivity index (χ0v) is 13.1. The lowest BCUT2D eigenvalue weighted by Gasteiger charge is -2.09. The van der Waals surface area contributed by atoms with Crippen LogP contribution >= 0.6 is 11.6 Å². The van der Waals surface area contributed by atoms with E-state index < -0.39 is 5.82 Å². The van der Waals surface area contributed by atoms with Crippen molar-refractivity contribution in [2.75, 3.05) is 22.5 Å². The molecule has 0 bridgehead atoms. The third-order valence-corrected chi connectivity index (χ3v) is 3.15. The molecule has 0 fully saturated rings. The molecule has 0 aliphatic rings. The summed E-state index contributed by atoms with van der Waals surface area (Å²) in [5.41, 5.74) is 1.80. The second-order valence-electron chi connectivity index (χ2n) is 4.79. The fraction of sp³-hybridized carbons (Fsp3) is 0.125. The molecule has 0 aliphatic carbocycles. The molecule has 2 amide bonds. The molecule has 0 aromatic heterocycles. The standard InChI is InChI=1S/C16H15ClFN3O2/c1-10(22)20-11-2-4-12(5-3-11)21-16(23)9-19-13-6-7-15(18)14(17)8-13/h2-8,19H,9H2,1H3,(H,20,22)(H,21,23). The Morgan fingerprint density at radius 2 is 1.57 bits per heavy atom. The van der Waals surface area contributed by atoms with Gasteiger partial charge in [0.05, 0.1) is 11.6 Å². The zero-order valence-electron chi connectivity index (χ0n) is 12.3. The smallest absolute Gasteiger partial charge is 0.243 e. The molecule has 0 aliphatic heterocycles. The van der Waals surface area contributed by atoms with Crippen LogP contribution in [0.25, 0.3) is 0 Å². The monoisotopic (exact) mass is 335 g/mol. The molecule has 2 rings (SSSR count). The Morgan fingerprint density at radius 1 is 1.00 bits per heavy atom. The maximum Gasteiger partial charge on any atom is 0.243 e. The summed E-state index contributed by atoms with van der Waals surface area (Å²) < 4.78 is 13.0. The van der Waals surface area contributed by atoms with Crippen molar-refractivity contribution in [2.45, 2.75) is 6.92 Å². The number of nitrogens with one attached hydrogen (secondary N) is 3. The summed E-state index contributed by atoms with van der Waals surface area (Å²) in [5.74, 6) is -0.942. The summed E-state index contributed by atoms with van der Waals surface area (Å²) in [6.07, 6.45) is 0. The number of anilines is 3. The highest BCUT2D eigenvalue weighted by molar-refractivity contribution is 6.31. The van der Waals surface area contributed by atoms with Gasteiger partial charge in [-0.3, -0.25) is 9.59 Å². The second-order valence-corrected chi connectivity index (χ2v) is 5.20. The quantitative estimate of drug-likeness (QED) is 0.783. The molecule has 0 spiro atoms. The minimum atomic E-state index is -0.513. The second kappa shape index (κ2) is 7.60. The summed E-state index contributed by atoms with van der Waals surface area (Å²) in [7, 11) is 0. The lowest BCUT2D eigenvalue weighted by atomic mass is 10.2. The van der Waals surface area contributed by atoms with E-state index in [9.17, 15) is 14.0 Å². The Labute approximate surface area is 137 Å². The number of benzene rings is 2. The Morgan fingerprint density at radius 3 is 2.13 bits per heavy atom. The average Bonchev–Trinajstić information content (AvgIpc) is 2.50. The molecule has 0 radical (unpaired) electrons. The lowest BCUT2D eigenvalue weighted by molar-refractivity contribution is -0.115. The van der Waals surface area contributed by atoms with Crippen molar-refractivity contribution in [2.24, 2.45) is 0 Å². The van der Waals surface area contributed by atoms with Gasteiger partial charge in [0.25, 0.3) is 0 Å². The van der Waals surface area contributed by atoms with E-state index in [0.29, 0.717) is 17.1 Å². The largest absolute Gasteiger partial charge is 0.376 e. The predicted octanol–water partition coefficient (Wildman–Crippen LogP) is 3.49. The SMILES string of the molecule is CC(=O)Nc1ccc(NC(=O)CNc2ccc(F)c(Cl)c2)cc1. The van der Waals surface area contributed by atoms with Crippen LogP contribution in [-0.4, -0.2) is 18.4 Å². The van der Waals surface area contributed by atoms with Crippen molar-refractivity contribution in [1.82, 2.24) is 0 Å². The molecule has 7 heteroatoms. The van der Waals surface area contributed by atoms with Gasteiger partial charge in [-0.25, -0.2) is 4.39 Å². The van der Waals surface area contributed by atoms with Gasteiger partial charge in [0.15, 0.2) is 0 Å². The van der Waals surface area contributed by atoms with Crippen LogP contribution in [0, 0.1) is 5.82 Å². The third-order valence-electron chi connectivity index (χ3n) is 2.86. The van der Waals surface area contributed by atoms with E-state index in [4.69, 9.17) is 11.6 Å². The topological polar surface area (TPSA) is 70.2 Å². The van der Waals surface area contributed by atoms with Gasteiger partial charge >= 0.3 is 0 Å². The van der Waals surface area contributed by atoms with Crippen LogP contribution in [0.5, 0.6) is 0 Å². The van der Waals surface area contributed by atoms with Gasteiger partial charge in [-0.1, -0.05) is 11.6 Å². The lowest BCUT2D eigenvalue weighted by Crippen LogP contribution is -2.21. The first-order chi connectivity index (χ1) is 10.9. The van der Waals surface area contributed by atoms with Crippen LogP contribution in [0.15, 0.2) is 42.5 Å². The number of amides is 2. The first-order valence-corrected chi connectivity index (χ1v) is 7.18. The van der Waals surface area contributed by atoms with E-state index in [0.717, 1.165) is 0 Å². The van der Waals surface area contributed by atoms with E-state index >= 15 is 0 Å². The molecule has 23 heavy (non-hydrogen) atoms. The molecule has 120 valence electrons. The minimum absolute atomic E-state index is 0.00933. The Bertz CT molecular complexity index is 720. The van der Waals surface area contributed by atoms with Crippen LogP contribution in [0.2, 0.25) is 5.02 Å². The van der Waals surface area contributed by atoms with Crippen molar-refractivity contribution in [3.63, 3.8) is 0 Å². The third kappa shape index (κ3) is 5.27. The molecule has 3 N–H and O–H groups in total. The summed E-state index contributed by atoms with van der Waals surface area (Å²) in [6, 6.07) is 10.9. The molecule has 0 unspecified atom stereocenters.